The summed E-state index contributed by atoms with van der Waals surface area (Å²) in [6, 6.07) is 4.69. The molecular weight excluding hydrogens is 226 g/mol. The molecule has 1 heterocycles. The van der Waals surface area contributed by atoms with Gasteiger partial charge in [0.15, 0.2) is 0 Å². The van der Waals surface area contributed by atoms with Gasteiger partial charge in [-0.2, -0.15) is 0 Å². The zero-order valence-electron chi connectivity index (χ0n) is 10.8. The van der Waals surface area contributed by atoms with Gasteiger partial charge in [0, 0.05) is 12.5 Å². The van der Waals surface area contributed by atoms with Gasteiger partial charge in [0.2, 0.25) is 0 Å². The van der Waals surface area contributed by atoms with E-state index in [-0.39, 0.29) is 6.04 Å². The van der Waals surface area contributed by atoms with Gasteiger partial charge in [-0.05, 0) is 37.8 Å². The lowest BCUT2D eigenvalue weighted by atomic mass is 10.1. The molecule has 0 radical (unpaired) electrons. The minimum atomic E-state index is 0.144. The Balaban J connectivity index is 1.73. The van der Waals surface area contributed by atoms with E-state index in [1.807, 2.05) is 12.1 Å². The number of rotatable bonds is 4. The number of carbonyl (C=O) groups excluding carboxylic acids is 1. The third-order valence-electron chi connectivity index (χ3n) is 4.11. The van der Waals surface area contributed by atoms with Crippen molar-refractivity contribution < 1.29 is 9.21 Å². The minimum Gasteiger partial charge on any atom is -0.468 e. The van der Waals surface area contributed by atoms with E-state index in [1.54, 1.807) is 6.26 Å². The van der Waals surface area contributed by atoms with Crippen LogP contribution in [-0.4, -0.2) is 22.8 Å². The number of hydrogen-bond acceptors (Lipinski definition) is 3. The van der Waals surface area contributed by atoms with Crippen LogP contribution in [0.15, 0.2) is 22.8 Å². The predicted molar refractivity (Wildman–Crippen MR) is 69.2 cm³/mol. The standard InChI is InChI=1S/C15H21NO2/c17-15-7-3-1-2-6-14(15)16(12-8-9-12)11-13-5-4-10-18-13/h4-5,10,12,14H,1-3,6-9,11H2. The molecule has 3 rings (SSSR count). The summed E-state index contributed by atoms with van der Waals surface area (Å²) in [5.74, 6) is 1.44. The summed E-state index contributed by atoms with van der Waals surface area (Å²) in [5.41, 5.74) is 0. The van der Waals surface area contributed by atoms with Gasteiger partial charge >= 0.3 is 0 Å². The van der Waals surface area contributed by atoms with Gasteiger partial charge < -0.3 is 4.42 Å². The van der Waals surface area contributed by atoms with Crippen LogP contribution in [0.1, 0.15) is 50.7 Å². The van der Waals surface area contributed by atoms with Crippen molar-refractivity contribution in [3.8, 4) is 0 Å². The fraction of sp³-hybridized carbons (Fsp3) is 0.667. The molecule has 0 saturated heterocycles. The number of nitrogens with zero attached hydrogens (tertiary/aromatic N) is 1. The highest BCUT2D eigenvalue weighted by Gasteiger charge is 2.37. The summed E-state index contributed by atoms with van der Waals surface area (Å²) in [6.07, 6.45) is 9.49. The molecule has 3 heteroatoms. The van der Waals surface area contributed by atoms with Crippen LogP contribution in [0.5, 0.6) is 0 Å². The molecule has 1 atom stereocenters. The molecule has 0 N–H and O–H groups in total. The zero-order chi connectivity index (χ0) is 12.4. The topological polar surface area (TPSA) is 33.5 Å². The first-order valence-corrected chi connectivity index (χ1v) is 7.15. The van der Waals surface area contributed by atoms with Gasteiger partial charge in [0.1, 0.15) is 11.5 Å². The minimum absolute atomic E-state index is 0.144. The summed E-state index contributed by atoms with van der Waals surface area (Å²) in [6.45, 7) is 0.800. The third kappa shape index (κ3) is 2.66. The van der Waals surface area contributed by atoms with Crippen molar-refractivity contribution in [1.29, 1.82) is 0 Å². The number of ketones is 1. The normalized spacial score (nSPS) is 25.4. The van der Waals surface area contributed by atoms with E-state index in [0.29, 0.717) is 11.8 Å². The SMILES string of the molecule is O=C1CCCCCC1N(Cc1ccco1)C1CC1. The molecule has 0 bridgehead atoms. The van der Waals surface area contributed by atoms with Crippen LogP contribution in [0.25, 0.3) is 0 Å². The fourth-order valence-corrected chi connectivity index (χ4v) is 2.97. The second kappa shape index (κ2) is 5.27. The van der Waals surface area contributed by atoms with Crippen LogP contribution in [0.2, 0.25) is 0 Å². The Morgan fingerprint density at radius 2 is 2.11 bits per heavy atom. The Bertz CT molecular complexity index is 395. The van der Waals surface area contributed by atoms with E-state index in [1.165, 1.54) is 25.7 Å². The molecule has 3 nitrogen and oxygen atoms in total. The zero-order valence-corrected chi connectivity index (χ0v) is 10.8. The number of Topliss-reactive ketones (excluding diaryl/α,β-unsaturated/α-hetero) is 1. The molecule has 18 heavy (non-hydrogen) atoms. The predicted octanol–water partition coefficient (Wildman–Crippen LogP) is 3.15. The summed E-state index contributed by atoms with van der Waals surface area (Å²) >= 11 is 0. The summed E-state index contributed by atoms with van der Waals surface area (Å²) in [5, 5.41) is 0. The van der Waals surface area contributed by atoms with Crippen molar-refractivity contribution in [2.24, 2.45) is 0 Å². The fourth-order valence-electron chi connectivity index (χ4n) is 2.97. The van der Waals surface area contributed by atoms with Crippen molar-refractivity contribution in [1.82, 2.24) is 4.90 Å². The van der Waals surface area contributed by atoms with Crippen LogP contribution in [0.4, 0.5) is 0 Å². The quantitative estimate of drug-likeness (QED) is 0.766. The maximum Gasteiger partial charge on any atom is 0.149 e. The van der Waals surface area contributed by atoms with Crippen LogP contribution in [-0.2, 0) is 11.3 Å². The molecule has 2 fully saturated rings. The molecule has 2 aliphatic rings. The van der Waals surface area contributed by atoms with Crippen molar-refractivity contribution >= 4 is 5.78 Å². The van der Waals surface area contributed by atoms with E-state index >= 15 is 0 Å². The lowest BCUT2D eigenvalue weighted by molar-refractivity contribution is -0.124. The molecule has 0 aliphatic heterocycles. The second-order valence-corrected chi connectivity index (χ2v) is 5.56. The molecule has 1 aromatic heterocycles. The molecular formula is C15H21NO2. The molecule has 2 aliphatic carbocycles. The first kappa shape index (κ1) is 12.0. The lowest BCUT2D eigenvalue weighted by Gasteiger charge is -2.29. The van der Waals surface area contributed by atoms with Gasteiger partial charge in [0.25, 0.3) is 0 Å². The first-order valence-electron chi connectivity index (χ1n) is 7.15. The number of hydrogen-bond donors (Lipinski definition) is 0. The van der Waals surface area contributed by atoms with Crippen LogP contribution >= 0.6 is 0 Å². The molecule has 0 amide bonds. The average Bonchev–Trinajstić information content (AvgIpc) is 3.12. The highest BCUT2D eigenvalue weighted by Crippen LogP contribution is 2.33. The summed E-state index contributed by atoms with van der Waals surface area (Å²) < 4.78 is 5.45. The molecule has 2 saturated carbocycles. The second-order valence-electron chi connectivity index (χ2n) is 5.56. The highest BCUT2D eigenvalue weighted by molar-refractivity contribution is 5.84. The number of carbonyl (C=O) groups is 1. The van der Waals surface area contributed by atoms with Gasteiger partial charge in [0.05, 0.1) is 18.8 Å². The molecule has 98 valence electrons. The maximum atomic E-state index is 12.2. The Morgan fingerprint density at radius 1 is 1.22 bits per heavy atom. The lowest BCUT2D eigenvalue weighted by Crippen LogP contribution is -2.41. The van der Waals surface area contributed by atoms with Gasteiger partial charge in [-0.25, -0.2) is 0 Å². The summed E-state index contributed by atoms with van der Waals surface area (Å²) in [7, 11) is 0. The molecule has 1 unspecified atom stereocenters. The Kier molecular flexibility index (Phi) is 3.50. The van der Waals surface area contributed by atoms with E-state index < -0.39 is 0 Å². The smallest absolute Gasteiger partial charge is 0.149 e. The Hall–Kier alpha value is -1.09. The van der Waals surface area contributed by atoms with E-state index in [0.717, 1.165) is 31.6 Å². The Labute approximate surface area is 108 Å². The molecule has 1 aromatic rings. The van der Waals surface area contributed by atoms with Gasteiger partial charge in [-0.1, -0.05) is 12.8 Å². The van der Waals surface area contributed by atoms with Crippen LogP contribution in [0.3, 0.4) is 0 Å². The largest absolute Gasteiger partial charge is 0.468 e. The van der Waals surface area contributed by atoms with E-state index in [4.69, 9.17) is 4.42 Å². The third-order valence-corrected chi connectivity index (χ3v) is 4.11. The van der Waals surface area contributed by atoms with E-state index in [2.05, 4.69) is 4.90 Å². The highest BCUT2D eigenvalue weighted by atomic mass is 16.3. The van der Waals surface area contributed by atoms with Crippen molar-refractivity contribution in [3.63, 3.8) is 0 Å². The van der Waals surface area contributed by atoms with Crippen molar-refractivity contribution in [3.05, 3.63) is 24.2 Å². The average molecular weight is 247 g/mol. The van der Waals surface area contributed by atoms with Crippen LogP contribution in [0, 0.1) is 0 Å². The van der Waals surface area contributed by atoms with E-state index in [9.17, 15) is 4.79 Å². The van der Waals surface area contributed by atoms with Gasteiger partial charge in [-0.15, -0.1) is 0 Å². The first-order chi connectivity index (χ1) is 8.84. The summed E-state index contributed by atoms with van der Waals surface area (Å²) in [4.78, 5) is 14.6. The van der Waals surface area contributed by atoms with Crippen molar-refractivity contribution in [2.75, 3.05) is 0 Å². The van der Waals surface area contributed by atoms with Gasteiger partial charge in [-0.3, -0.25) is 9.69 Å². The maximum absolute atomic E-state index is 12.2. The monoisotopic (exact) mass is 247 g/mol. The number of furan rings is 1. The Morgan fingerprint density at radius 3 is 2.83 bits per heavy atom. The molecule has 0 aromatic carbocycles. The molecule has 0 spiro atoms. The van der Waals surface area contributed by atoms with Crippen molar-refractivity contribution in [2.45, 2.75) is 63.6 Å². The van der Waals surface area contributed by atoms with Crippen LogP contribution < -0.4 is 0 Å².